The third-order valence-electron chi connectivity index (χ3n) is 3.38. The lowest BCUT2D eigenvalue weighted by Crippen LogP contribution is -2.03. The summed E-state index contributed by atoms with van der Waals surface area (Å²) in [6.07, 6.45) is 0.912. The Kier molecular flexibility index (Phi) is 4.88. The van der Waals surface area contributed by atoms with Crippen molar-refractivity contribution in [3.63, 3.8) is 0 Å². The van der Waals surface area contributed by atoms with E-state index in [9.17, 15) is 14.5 Å². The quantitative estimate of drug-likeness (QED) is 0.514. The second kappa shape index (κ2) is 7.43. The predicted molar refractivity (Wildman–Crippen MR) is 93.6 cm³/mol. The van der Waals surface area contributed by atoms with Crippen LogP contribution in [0.3, 0.4) is 0 Å². The zero-order chi connectivity index (χ0) is 18.5. The van der Waals surface area contributed by atoms with Gasteiger partial charge in [-0.2, -0.15) is 4.98 Å². The van der Waals surface area contributed by atoms with E-state index in [1.165, 1.54) is 18.2 Å². The SMILES string of the molecule is Nc1ncc(F)c(Nc2cc(OCc3ccccc3)cc([N+](=O)[O-])c2)n1. The molecule has 1 heterocycles. The predicted octanol–water partition coefficient (Wildman–Crippen LogP) is 3.43. The summed E-state index contributed by atoms with van der Waals surface area (Å²) in [4.78, 5) is 17.9. The van der Waals surface area contributed by atoms with Crippen molar-refractivity contribution in [3.8, 4) is 5.75 Å². The fourth-order valence-electron chi connectivity index (χ4n) is 2.19. The number of nitro benzene ring substituents is 1. The molecule has 0 saturated carbocycles. The van der Waals surface area contributed by atoms with Crippen molar-refractivity contribution in [1.82, 2.24) is 9.97 Å². The van der Waals surface area contributed by atoms with Crippen molar-refractivity contribution in [1.29, 1.82) is 0 Å². The molecule has 8 nitrogen and oxygen atoms in total. The van der Waals surface area contributed by atoms with Gasteiger partial charge in [0.25, 0.3) is 5.69 Å². The van der Waals surface area contributed by atoms with E-state index in [-0.39, 0.29) is 35.5 Å². The molecular weight excluding hydrogens is 341 g/mol. The van der Waals surface area contributed by atoms with Crippen molar-refractivity contribution in [2.75, 3.05) is 11.1 Å². The van der Waals surface area contributed by atoms with Gasteiger partial charge in [0.2, 0.25) is 5.95 Å². The normalized spacial score (nSPS) is 10.3. The van der Waals surface area contributed by atoms with Crippen LogP contribution in [0, 0.1) is 15.9 Å². The van der Waals surface area contributed by atoms with Gasteiger partial charge in [-0.15, -0.1) is 0 Å². The summed E-state index contributed by atoms with van der Waals surface area (Å²) in [5.74, 6) is -0.794. The molecule has 0 aliphatic rings. The molecule has 0 aliphatic carbocycles. The maximum absolute atomic E-state index is 13.8. The zero-order valence-corrected chi connectivity index (χ0v) is 13.4. The molecule has 0 fully saturated rings. The minimum absolute atomic E-state index is 0.125. The van der Waals surface area contributed by atoms with Gasteiger partial charge < -0.3 is 15.8 Å². The highest BCUT2D eigenvalue weighted by Crippen LogP contribution is 2.29. The molecule has 132 valence electrons. The molecule has 0 spiro atoms. The minimum Gasteiger partial charge on any atom is -0.489 e. The number of ether oxygens (including phenoxy) is 1. The number of hydrogen-bond acceptors (Lipinski definition) is 7. The van der Waals surface area contributed by atoms with E-state index >= 15 is 0 Å². The maximum Gasteiger partial charge on any atom is 0.275 e. The van der Waals surface area contributed by atoms with E-state index in [1.54, 1.807) is 0 Å². The van der Waals surface area contributed by atoms with Gasteiger partial charge in [-0.25, -0.2) is 9.37 Å². The number of nitrogen functional groups attached to an aromatic ring is 1. The average Bonchev–Trinajstić information content (AvgIpc) is 2.64. The number of nitrogens with one attached hydrogen (secondary N) is 1. The van der Waals surface area contributed by atoms with Crippen molar-refractivity contribution in [3.05, 3.63) is 76.2 Å². The number of anilines is 3. The molecule has 0 aliphatic heterocycles. The van der Waals surface area contributed by atoms with E-state index in [4.69, 9.17) is 10.5 Å². The molecule has 3 N–H and O–H groups in total. The molecule has 0 radical (unpaired) electrons. The number of benzene rings is 2. The summed E-state index contributed by atoms with van der Waals surface area (Å²) in [6, 6.07) is 13.4. The van der Waals surface area contributed by atoms with Crippen molar-refractivity contribution < 1.29 is 14.1 Å². The fourth-order valence-corrected chi connectivity index (χ4v) is 2.19. The van der Waals surface area contributed by atoms with Crippen LogP contribution in [0.25, 0.3) is 0 Å². The molecule has 1 aromatic heterocycles. The van der Waals surface area contributed by atoms with Crippen LogP contribution in [0.1, 0.15) is 5.56 Å². The average molecular weight is 355 g/mol. The summed E-state index contributed by atoms with van der Waals surface area (Å²) < 4.78 is 19.4. The van der Waals surface area contributed by atoms with E-state index in [0.717, 1.165) is 11.8 Å². The number of rotatable bonds is 6. The number of hydrogen-bond donors (Lipinski definition) is 2. The smallest absolute Gasteiger partial charge is 0.275 e. The van der Waals surface area contributed by atoms with Gasteiger partial charge >= 0.3 is 0 Å². The third-order valence-corrected chi connectivity index (χ3v) is 3.38. The lowest BCUT2D eigenvalue weighted by Gasteiger charge is -2.10. The van der Waals surface area contributed by atoms with Crippen LogP contribution in [0.4, 0.5) is 27.5 Å². The van der Waals surface area contributed by atoms with Crippen LogP contribution in [0.2, 0.25) is 0 Å². The van der Waals surface area contributed by atoms with Crippen LogP contribution >= 0.6 is 0 Å². The minimum atomic E-state index is -0.738. The molecule has 3 rings (SSSR count). The molecule has 0 saturated heterocycles. The Morgan fingerprint density at radius 2 is 2.00 bits per heavy atom. The second-order valence-corrected chi connectivity index (χ2v) is 5.30. The van der Waals surface area contributed by atoms with Gasteiger partial charge in [0.15, 0.2) is 11.6 Å². The van der Waals surface area contributed by atoms with E-state index in [0.29, 0.717) is 0 Å². The molecule has 2 aromatic carbocycles. The zero-order valence-electron chi connectivity index (χ0n) is 13.4. The summed E-state index contributed by atoms with van der Waals surface area (Å²) in [7, 11) is 0. The van der Waals surface area contributed by atoms with Crippen molar-refractivity contribution >= 4 is 23.1 Å². The number of nitro groups is 1. The van der Waals surface area contributed by atoms with Gasteiger partial charge in [0, 0.05) is 12.1 Å². The number of halogens is 1. The van der Waals surface area contributed by atoms with Gasteiger partial charge in [0.05, 0.1) is 22.9 Å². The first-order chi connectivity index (χ1) is 12.5. The summed E-state index contributed by atoms with van der Waals surface area (Å²) in [5.41, 5.74) is 6.37. The monoisotopic (exact) mass is 355 g/mol. The highest BCUT2D eigenvalue weighted by Gasteiger charge is 2.13. The first-order valence-corrected chi connectivity index (χ1v) is 7.52. The summed E-state index contributed by atoms with van der Waals surface area (Å²) >= 11 is 0. The lowest BCUT2D eigenvalue weighted by molar-refractivity contribution is -0.384. The number of aromatic nitrogens is 2. The summed E-state index contributed by atoms with van der Waals surface area (Å²) in [5, 5.41) is 13.8. The molecule has 0 amide bonds. The Morgan fingerprint density at radius 1 is 1.23 bits per heavy atom. The molecule has 0 unspecified atom stereocenters. The van der Waals surface area contributed by atoms with E-state index < -0.39 is 10.7 Å². The second-order valence-electron chi connectivity index (χ2n) is 5.30. The van der Waals surface area contributed by atoms with Crippen LogP contribution in [0.5, 0.6) is 5.75 Å². The summed E-state index contributed by atoms with van der Waals surface area (Å²) in [6.45, 7) is 0.232. The number of non-ortho nitro benzene ring substituents is 1. The Morgan fingerprint density at radius 3 is 2.73 bits per heavy atom. The van der Waals surface area contributed by atoms with Crippen LogP contribution in [-0.4, -0.2) is 14.9 Å². The fraction of sp³-hybridized carbons (Fsp3) is 0.0588. The van der Waals surface area contributed by atoms with Gasteiger partial charge in [-0.1, -0.05) is 30.3 Å². The van der Waals surface area contributed by atoms with Crippen LogP contribution in [0.15, 0.2) is 54.7 Å². The number of nitrogens with two attached hydrogens (primary N) is 1. The Balaban J connectivity index is 1.86. The molecule has 3 aromatic rings. The Bertz CT molecular complexity index is 937. The van der Waals surface area contributed by atoms with Gasteiger partial charge in [0.1, 0.15) is 12.4 Å². The van der Waals surface area contributed by atoms with Crippen LogP contribution in [-0.2, 0) is 6.61 Å². The van der Waals surface area contributed by atoms with E-state index in [1.807, 2.05) is 30.3 Å². The first kappa shape index (κ1) is 17.1. The number of nitrogens with zero attached hydrogens (tertiary/aromatic N) is 3. The van der Waals surface area contributed by atoms with Gasteiger partial charge in [-0.05, 0) is 5.56 Å². The maximum atomic E-state index is 13.8. The first-order valence-electron chi connectivity index (χ1n) is 7.52. The van der Waals surface area contributed by atoms with Crippen LogP contribution < -0.4 is 15.8 Å². The Labute approximate surface area is 147 Å². The Hall–Kier alpha value is -3.75. The third kappa shape index (κ3) is 4.20. The standard InChI is InChI=1S/C17H14FN5O3/c18-15-9-20-17(19)22-16(15)21-12-6-13(23(24)25)8-14(7-12)26-10-11-4-2-1-3-5-11/h1-9H,10H2,(H3,19,20,21,22). The highest BCUT2D eigenvalue weighted by atomic mass is 19.1. The van der Waals surface area contributed by atoms with Gasteiger partial charge in [-0.3, -0.25) is 10.1 Å². The molecule has 9 heteroatoms. The topological polar surface area (TPSA) is 116 Å². The molecule has 0 atom stereocenters. The highest BCUT2D eigenvalue weighted by molar-refractivity contribution is 5.63. The molecular formula is C17H14FN5O3. The van der Waals surface area contributed by atoms with E-state index in [2.05, 4.69) is 15.3 Å². The van der Waals surface area contributed by atoms with Crippen molar-refractivity contribution in [2.45, 2.75) is 6.61 Å². The molecule has 0 bridgehead atoms. The molecule has 26 heavy (non-hydrogen) atoms. The van der Waals surface area contributed by atoms with Crippen molar-refractivity contribution in [2.24, 2.45) is 0 Å². The largest absolute Gasteiger partial charge is 0.489 e. The lowest BCUT2D eigenvalue weighted by atomic mass is 10.2.